The lowest BCUT2D eigenvalue weighted by atomic mass is 9.80. The van der Waals surface area contributed by atoms with Gasteiger partial charge in [-0.2, -0.15) is 0 Å². The molecule has 1 aromatic carbocycles. The van der Waals surface area contributed by atoms with Gasteiger partial charge in [-0.05, 0) is 56.2 Å². The third-order valence-electron chi connectivity index (χ3n) is 6.30. The average Bonchev–Trinajstić information content (AvgIpc) is 3.53. The molecule has 5 nitrogen and oxygen atoms in total. The zero-order valence-corrected chi connectivity index (χ0v) is 15.8. The lowest BCUT2D eigenvalue weighted by Gasteiger charge is -2.32. The highest BCUT2D eigenvalue weighted by Crippen LogP contribution is 2.48. The summed E-state index contributed by atoms with van der Waals surface area (Å²) >= 11 is 6.03. The molecule has 0 aliphatic heterocycles. The first-order valence-electron chi connectivity index (χ1n) is 9.81. The summed E-state index contributed by atoms with van der Waals surface area (Å²) in [6.07, 6.45) is 7.09. The molecule has 3 fully saturated rings. The summed E-state index contributed by atoms with van der Waals surface area (Å²) in [4.78, 5) is 0. The minimum Gasteiger partial charge on any atom is -0.328 e. The summed E-state index contributed by atoms with van der Waals surface area (Å²) in [6.45, 7) is 1.77. The minimum absolute atomic E-state index is 0.276. The van der Waals surface area contributed by atoms with E-state index in [4.69, 9.17) is 17.3 Å². The Hall–Kier alpha value is -1.43. The van der Waals surface area contributed by atoms with Gasteiger partial charge in [0.1, 0.15) is 11.6 Å². The fourth-order valence-corrected chi connectivity index (χ4v) is 4.40. The second kappa shape index (κ2) is 6.32. The highest BCUT2D eigenvalue weighted by molar-refractivity contribution is 6.30. The van der Waals surface area contributed by atoms with Crippen molar-refractivity contribution >= 4 is 11.6 Å². The molecule has 0 unspecified atom stereocenters. The van der Waals surface area contributed by atoms with E-state index in [0.29, 0.717) is 18.0 Å². The maximum absolute atomic E-state index is 6.03. The number of benzene rings is 1. The van der Waals surface area contributed by atoms with Crippen LogP contribution in [0.5, 0.6) is 0 Å². The smallest absolute Gasteiger partial charge is 0.147 e. The van der Waals surface area contributed by atoms with Gasteiger partial charge in [0.2, 0.25) is 0 Å². The molecule has 0 amide bonds. The molecule has 3 aliphatic rings. The van der Waals surface area contributed by atoms with Crippen LogP contribution < -0.4 is 11.1 Å². The van der Waals surface area contributed by atoms with Crippen molar-refractivity contribution in [2.24, 2.45) is 5.73 Å². The van der Waals surface area contributed by atoms with Gasteiger partial charge in [-0.1, -0.05) is 23.7 Å². The predicted octanol–water partition coefficient (Wildman–Crippen LogP) is 3.29. The van der Waals surface area contributed by atoms with Crippen molar-refractivity contribution in [3.63, 3.8) is 0 Å². The van der Waals surface area contributed by atoms with E-state index < -0.39 is 0 Å². The molecule has 0 radical (unpaired) electrons. The van der Waals surface area contributed by atoms with E-state index in [-0.39, 0.29) is 5.41 Å². The number of nitrogens with two attached hydrogens (primary N) is 1. The molecular formula is C20H26ClN5. The first-order valence-corrected chi connectivity index (χ1v) is 10.2. The Bertz CT molecular complexity index is 785. The fraction of sp³-hybridized carbons (Fsp3) is 0.600. The van der Waals surface area contributed by atoms with Gasteiger partial charge in [0, 0.05) is 35.0 Å². The van der Waals surface area contributed by atoms with Crippen molar-refractivity contribution in [2.75, 3.05) is 6.54 Å². The molecule has 138 valence electrons. The highest BCUT2D eigenvalue weighted by atomic mass is 35.5. The average molecular weight is 372 g/mol. The van der Waals surface area contributed by atoms with Crippen LogP contribution in [0, 0.1) is 0 Å². The van der Waals surface area contributed by atoms with Crippen LogP contribution >= 0.6 is 11.6 Å². The number of rotatable bonds is 7. The van der Waals surface area contributed by atoms with Crippen LogP contribution in [0.3, 0.4) is 0 Å². The van der Waals surface area contributed by atoms with Crippen molar-refractivity contribution in [3.05, 3.63) is 46.5 Å². The molecule has 3 N–H and O–H groups in total. The third-order valence-corrected chi connectivity index (χ3v) is 6.55. The zero-order valence-electron chi connectivity index (χ0n) is 15.0. The topological polar surface area (TPSA) is 68.8 Å². The number of aromatic nitrogens is 3. The van der Waals surface area contributed by atoms with E-state index >= 15 is 0 Å². The Morgan fingerprint density at radius 2 is 1.88 bits per heavy atom. The molecule has 6 heteroatoms. The van der Waals surface area contributed by atoms with Gasteiger partial charge >= 0.3 is 0 Å². The summed E-state index contributed by atoms with van der Waals surface area (Å²) < 4.78 is 2.41. The number of nitrogens with zero attached hydrogens (tertiary/aromatic N) is 3. The molecule has 0 saturated heterocycles. The first kappa shape index (κ1) is 16.7. The molecular weight excluding hydrogens is 346 g/mol. The quantitative estimate of drug-likeness (QED) is 0.783. The minimum atomic E-state index is 0.276. The standard InChI is InChI=1S/C20H26ClN5/c21-15-3-1-14(2-4-15)20(7-8-20)12-23-11-18-24-25-19(13-9-16(22)10-13)26(18)17-5-6-17/h1-4,13,16-17,23H,5-12,22H2. The molecule has 2 aromatic rings. The van der Waals surface area contributed by atoms with Crippen LogP contribution in [0.1, 0.15) is 67.7 Å². The van der Waals surface area contributed by atoms with E-state index in [0.717, 1.165) is 36.8 Å². The summed E-state index contributed by atoms with van der Waals surface area (Å²) in [7, 11) is 0. The number of nitrogens with one attached hydrogen (secondary N) is 1. The summed E-state index contributed by atoms with van der Waals surface area (Å²) in [5, 5.41) is 13.5. The van der Waals surface area contributed by atoms with Crippen LogP contribution in [0.25, 0.3) is 0 Å². The normalized spacial score (nSPS) is 26.5. The Morgan fingerprint density at radius 1 is 1.15 bits per heavy atom. The molecule has 1 heterocycles. The van der Waals surface area contributed by atoms with Gasteiger partial charge in [0.15, 0.2) is 0 Å². The van der Waals surface area contributed by atoms with Gasteiger partial charge < -0.3 is 15.6 Å². The van der Waals surface area contributed by atoms with Crippen molar-refractivity contribution in [2.45, 2.75) is 68.5 Å². The van der Waals surface area contributed by atoms with E-state index in [2.05, 4.69) is 32.2 Å². The molecule has 0 atom stereocenters. The highest BCUT2D eigenvalue weighted by Gasteiger charge is 2.44. The van der Waals surface area contributed by atoms with E-state index in [9.17, 15) is 0 Å². The van der Waals surface area contributed by atoms with Gasteiger partial charge in [-0.25, -0.2) is 0 Å². The van der Waals surface area contributed by atoms with Crippen molar-refractivity contribution in [1.82, 2.24) is 20.1 Å². The van der Waals surface area contributed by atoms with Crippen molar-refractivity contribution in [1.29, 1.82) is 0 Å². The largest absolute Gasteiger partial charge is 0.328 e. The summed E-state index contributed by atoms with van der Waals surface area (Å²) in [5.41, 5.74) is 7.64. The third kappa shape index (κ3) is 3.06. The van der Waals surface area contributed by atoms with E-state index in [1.165, 1.54) is 37.1 Å². The molecule has 5 rings (SSSR count). The van der Waals surface area contributed by atoms with Gasteiger partial charge in [0.05, 0.1) is 6.54 Å². The molecule has 0 spiro atoms. The van der Waals surface area contributed by atoms with Crippen LogP contribution in [0.15, 0.2) is 24.3 Å². The Kier molecular flexibility index (Phi) is 4.07. The van der Waals surface area contributed by atoms with Crippen LogP contribution in [0.2, 0.25) is 5.02 Å². The maximum atomic E-state index is 6.03. The molecule has 0 bridgehead atoms. The molecule has 3 aliphatic carbocycles. The monoisotopic (exact) mass is 371 g/mol. The Balaban J connectivity index is 1.25. The number of halogens is 1. The van der Waals surface area contributed by atoms with Gasteiger partial charge in [-0.15, -0.1) is 10.2 Å². The number of hydrogen-bond acceptors (Lipinski definition) is 4. The Morgan fingerprint density at radius 3 is 2.50 bits per heavy atom. The SMILES string of the molecule is NC1CC(c2nnc(CNCC3(c4ccc(Cl)cc4)CC3)n2C2CC2)C1. The molecule has 1 aromatic heterocycles. The maximum Gasteiger partial charge on any atom is 0.147 e. The molecule has 26 heavy (non-hydrogen) atoms. The zero-order chi connectivity index (χ0) is 17.7. The van der Waals surface area contributed by atoms with Crippen LogP contribution in [0.4, 0.5) is 0 Å². The lowest BCUT2D eigenvalue weighted by molar-refractivity contribution is 0.327. The first-order chi connectivity index (χ1) is 12.6. The molecule has 3 saturated carbocycles. The van der Waals surface area contributed by atoms with Crippen LogP contribution in [-0.4, -0.2) is 27.4 Å². The van der Waals surface area contributed by atoms with Crippen LogP contribution in [-0.2, 0) is 12.0 Å². The van der Waals surface area contributed by atoms with Gasteiger partial charge in [0.25, 0.3) is 0 Å². The Labute approximate surface area is 159 Å². The van der Waals surface area contributed by atoms with E-state index in [1.54, 1.807) is 0 Å². The second-order valence-electron chi connectivity index (χ2n) is 8.39. The lowest BCUT2D eigenvalue weighted by Crippen LogP contribution is -2.36. The van der Waals surface area contributed by atoms with Crippen molar-refractivity contribution in [3.8, 4) is 0 Å². The van der Waals surface area contributed by atoms with Gasteiger partial charge in [-0.3, -0.25) is 0 Å². The summed E-state index contributed by atoms with van der Waals surface area (Å²) in [5.74, 6) is 2.77. The fourth-order valence-electron chi connectivity index (χ4n) is 4.28. The number of hydrogen-bond donors (Lipinski definition) is 2. The second-order valence-corrected chi connectivity index (χ2v) is 8.83. The summed E-state index contributed by atoms with van der Waals surface area (Å²) in [6, 6.07) is 9.29. The van der Waals surface area contributed by atoms with Crippen molar-refractivity contribution < 1.29 is 0 Å². The predicted molar refractivity (Wildman–Crippen MR) is 102 cm³/mol. The van der Waals surface area contributed by atoms with E-state index in [1.807, 2.05) is 12.1 Å².